The second-order valence-corrected chi connectivity index (χ2v) is 5.17. The molecule has 0 atom stereocenters. The Bertz CT molecular complexity index is 583. The lowest BCUT2D eigenvalue weighted by molar-refractivity contribution is -0.384. The van der Waals surface area contributed by atoms with Gasteiger partial charge < -0.3 is 19.3 Å². The molecule has 126 valence electrons. The minimum atomic E-state index is -0.923. The van der Waals surface area contributed by atoms with Crippen molar-refractivity contribution >= 4 is 17.4 Å². The average Bonchev–Trinajstić information content (AvgIpc) is 2.55. The van der Waals surface area contributed by atoms with Gasteiger partial charge in [0.05, 0.1) is 4.92 Å². The van der Waals surface area contributed by atoms with E-state index in [4.69, 9.17) is 9.47 Å². The Kier molecular flexibility index (Phi) is 5.45. The maximum absolute atomic E-state index is 12.2. The van der Waals surface area contributed by atoms with Crippen molar-refractivity contribution < 1.29 is 19.2 Å². The topological polar surface area (TPSA) is 98.0 Å². The Balaban J connectivity index is 2.10. The summed E-state index contributed by atoms with van der Waals surface area (Å²) in [6, 6.07) is 1.61. The third kappa shape index (κ3) is 3.57. The number of methoxy groups -OCH3 is 2. The van der Waals surface area contributed by atoms with Gasteiger partial charge in [-0.3, -0.25) is 14.9 Å². The van der Waals surface area contributed by atoms with Gasteiger partial charge >= 0.3 is 5.69 Å². The van der Waals surface area contributed by atoms with Crippen LogP contribution in [0.4, 0.5) is 11.5 Å². The van der Waals surface area contributed by atoms with E-state index in [2.05, 4.69) is 4.98 Å². The standard InChI is InChI=1S/C14H20N4O5/c1-10-4-5-15-12(11(10)18(20)21)16-6-8-17(9-7-16)13(19)14(22-2)23-3/h4-5,14H,6-9H2,1-3H3. The van der Waals surface area contributed by atoms with Gasteiger partial charge in [-0.2, -0.15) is 0 Å². The number of piperazine rings is 1. The van der Waals surface area contributed by atoms with Crippen LogP contribution in [0.1, 0.15) is 5.56 Å². The number of aromatic nitrogens is 1. The molecule has 0 aromatic carbocycles. The number of nitro groups is 1. The molecule has 9 heteroatoms. The second-order valence-electron chi connectivity index (χ2n) is 5.17. The quantitative estimate of drug-likeness (QED) is 0.443. The molecule has 23 heavy (non-hydrogen) atoms. The van der Waals surface area contributed by atoms with Crippen molar-refractivity contribution in [3.63, 3.8) is 0 Å². The highest BCUT2D eigenvalue weighted by molar-refractivity contribution is 5.80. The first-order valence-electron chi connectivity index (χ1n) is 7.19. The molecule has 0 aliphatic carbocycles. The van der Waals surface area contributed by atoms with Gasteiger partial charge in [-0.05, 0) is 13.0 Å². The van der Waals surface area contributed by atoms with E-state index in [9.17, 15) is 14.9 Å². The van der Waals surface area contributed by atoms with E-state index >= 15 is 0 Å². The van der Waals surface area contributed by atoms with Crippen LogP contribution in [0.15, 0.2) is 12.3 Å². The maximum atomic E-state index is 12.2. The van der Waals surface area contributed by atoms with E-state index in [1.54, 1.807) is 24.1 Å². The van der Waals surface area contributed by atoms with Gasteiger partial charge in [-0.25, -0.2) is 4.98 Å². The Morgan fingerprint density at radius 2 is 1.91 bits per heavy atom. The Hall–Kier alpha value is -2.26. The van der Waals surface area contributed by atoms with E-state index in [1.165, 1.54) is 14.2 Å². The van der Waals surface area contributed by atoms with Crippen LogP contribution >= 0.6 is 0 Å². The number of amides is 1. The number of nitrogens with zero attached hydrogens (tertiary/aromatic N) is 4. The van der Waals surface area contributed by atoms with E-state index in [0.717, 1.165) is 0 Å². The maximum Gasteiger partial charge on any atom is 0.314 e. The molecule has 0 unspecified atom stereocenters. The number of carbonyl (C=O) groups is 1. The highest BCUT2D eigenvalue weighted by atomic mass is 16.7. The largest absolute Gasteiger partial charge is 0.348 e. The highest BCUT2D eigenvalue weighted by Crippen LogP contribution is 2.29. The molecule has 1 amide bonds. The SMILES string of the molecule is COC(OC)C(=O)N1CCN(c2nccc(C)c2[N+](=O)[O-])CC1. The van der Waals surface area contributed by atoms with Gasteiger partial charge in [0.25, 0.3) is 5.91 Å². The molecular formula is C14H20N4O5. The number of ether oxygens (including phenoxy) is 2. The minimum Gasteiger partial charge on any atom is -0.348 e. The van der Waals surface area contributed by atoms with Gasteiger partial charge in [-0.1, -0.05) is 0 Å². The Morgan fingerprint density at radius 1 is 1.30 bits per heavy atom. The molecule has 1 aliphatic rings. The fourth-order valence-corrected chi connectivity index (χ4v) is 2.58. The lowest BCUT2D eigenvalue weighted by Crippen LogP contribution is -2.52. The second kappa shape index (κ2) is 7.34. The summed E-state index contributed by atoms with van der Waals surface area (Å²) in [6.07, 6.45) is 0.633. The predicted octanol–water partition coefficient (Wildman–Crippen LogP) is 0.566. The van der Waals surface area contributed by atoms with E-state index in [-0.39, 0.29) is 11.6 Å². The van der Waals surface area contributed by atoms with Gasteiger partial charge in [0, 0.05) is 52.2 Å². The molecule has 1 fully saturated rings. The van der Waals surface area contributed by atoms with Crippen LogP contribution < -0.4 is 4.90 Å². The van der Waals surface area contributed by atoms with Crippen LogP contribution in [0.3, 0.4) is 0 Å². The minimum absolute atomic E-state index is 0.0129. The van der Waals surface area contributed by atoms with Crippen LogP contribution in [0.2, 0.25) is 0 Å². The average molecular weight is 324 g/mol. The van der Waals surface area contributed by atoms with Gasteiger partial charge in [-0.15, -0.1) is 0 Å². The highest BCUT2D eigenvalue weighted by Gasteiger charge is 2.30. The molecular weight excluding hydrogens is 304 g/mol. The first-order valence-corrected chi connectivity index (χ1v) is 7.19. The zero-order valence-electron chi connectivity index (χ0n) is 13.4. The summed E-state index contributed by atoms with van der Waals surface area (Å²) in [6.45, 7) is 3.46. The number of anilines is 1. The number of aryl methyl sites for hydroxylation is 1. The van der Waals surface area contributed by atoms with Crippen LogP contribution in [0, 0.1) is 17.0 Å². The summed E-state index contributed by atoms with van der Waals surface area (Å²) < 4.78 is 9.93. The molecule has 1 saturated heterocycles. The van der Waals surface area contributed by atoms with E-state index < -0.39 is 11.2 Å². The van der Waals surface area contributed by atoms with Gasteiger partial charge in [0.1, 0.15) is 0 Å². The molecule has 1 aromatic heterocycles. The number of hydrogen-bond donors (Lipinski definition) is 0. The van der Waals surface area contributed by atoms with Gasteiger partial charge in [0.15, 0.2) is 0 Å². The Morgan fingerprint density at radius 3 is 2.43 bits per heavy atom. The van der Waals surface area contributed by atoms with Crippen LogP contribution in [0.5, 0.6) is 0 Å². The molecule has 1 aliphatic heterocycles. The van der Waals surface area contributed by atoms with Crippen LogP contribution in [-0.2, 0) is 14.3 Å². The first kappa shape index (κ1) is 17.1. The Labute approximate surface area is 133 Å². The smallest absolute Gasteiger partial charge is 0.314 e. The molecule has 0 spiro atoms. The zero-order chi connectivity index (χ0) is 17.0. The number of hydrogen-bond acceptors (Lipinski definition) is 7. The van der Waals surface area contributed by atoms with Gasteiger partial charge in [0.2, 0.25) is 12.1 Å². The molecule has 0 N–H and O–H groups in total. The van der Waals surface area contributed by atoms with Crippen molar-refractivity contribution in [2.45, 2.75) is 13.2 Å². The van der Waals surface area contributed by atoms with E-state index in [1.807, 2.05) is 4.90 Å². The van der Waals surface area contributed by atoms with Crippen molar-refractivity contribution in [3.05, 3.63) is 27.9 Å². The van der Waals surface area contributed by atoms with Crippen molar-refractivity contribution in [3.8, 4) is 0 Å². The molecule has 2 rings (SSSR count). The number of rotatable bonds is 5. The summed E-state index contributed by atoms with van der Waals surface area (Å²) in [5.41, 5.74) is 0.580. The summed E-state index contributed by atoms with van der Waals surface area (Å²) in [4.78, 5) is 30.6. The monoisotopic (exact) mass is 324 g/mol. The molecule has 9 nitrogen and oxygen atoms in total. The third-order valence-corrected chi connectivity index (χ3v) is 3.81. The predicted molar refractivity (Wildman–Crippen MR) is 82.2 cm³/mol. The van der Waals surface area contributed by atoms with Crippen LogP contribution in [-0.4, -0.2) is 67.4 Å². The molecule has 0 bridgehead atoms. The van der Waals surface area contributed by atoms with E-state index in [0.29, 0.717) is 37.6 Å². The molecule has 0 radical (unpaired) electrons. The lowest BCUT2D eigenvalue weighted by atomic mass is 10.2. The fourth-order valence-electron chi connectivity index (χ4n) is 2.58. The van der Waals surface area contributed by atoms with Crippen molar-refractivity contribution in [2.24, 2.45) is 0 Å². The molecule has 1 aromatic rings. The summed E-state index contributed by atoms with van der Waals surface area (Å²) in [5, 5.41) is 11.3. The summed E-state index contributed by atoms with van der Waals surface area (Å²) in [5.74, 6) is 0.0958. The van der Waals surface area contributed by atoms with Crippen molar-refractivity contribution in [2.75, 3.05) is 45.3 Å². The van der Waals surface area contributed by atoms with Crippen molar-refractivity contribution in [1.82, 2.24) is 9.88 Å². The number of pyridine rings is 1. The molecule has 2 heterocycles. The summed E-state index contributed by atoms with van der Waals surface area (Å²) >= 11 is 0. The lowest BCUT2D eigenvalue weighted by Gasteiger charge is -2.36. The zero-order valence-corrected chi connectivity index (χ0v) is 13.4. The third-order valence-electron chi connectivity index (χ3n) is 3.81. The fraction of sp³-hybridized carbons (Fsp3) is 0.571. The normalized spacial score (nSPS) is 15.1. The summed E-state index contributed by atoms with van der Waals surface area (Å²) in [7, 11) is 2.81. The van der Waals surface area contributed by atoms with Crippen molar-refractivity contribution in [1.29, 1.82) is 0 Å². The number of carbonyl (C=O) groups excluding carboxylic acids is 1. The van der Waals surface area contributed by atoms with Crippen LogP contribution in [0.25, 0.3) is 0 Å². The molecule has 0 saturated carbocycles. The first-order chi connectivity index (χ1) is 11.0.